The molecule has 29 heavy (non-hydrogen) atoms. The average molecular weight is 392 g/mol. The van der Waals surface area contributed by atoms with Gasteiger partial charge in [0.15, 0.2) is 6.61 Å². The van der Waals surface area contributed by atoms with E-state index in [1.165, 1.54) is 5.56 Å². The van der Waals surface area contributed by atoms with Crippen molar-refractivity contribution in [2.24, 2.45) is 0 Å². The van der Waals surface area contributed by atoms with Gasteiger partial charge in [0, 0.05) is 0 Å². The molecule has 1 aromatic heterocycles. The quantitative estimate of drug-likeness (QED) is 0.597. The lowest BCUT2D eigenvalue weighted by Crippen LogP contribution is -2.26. The maximum Gasteiger partial charge on any atom is 0.262 e. The minimum atomic E-state index is -0.343. The second-order valence-electron chi connectivity index (χ2n) is 6.87. The Kier molecular flexibility index (Phi) is 6.68. The van der Waals surface area contributed by atoms with Gasteiger partial charge in [-0.3, -0.25) is 9.59 Å². The van der Waals surface area contributed by atoms with Gasteiger partial charge >= 0.3 is 0 Å². The van der Waals surface area contributed by atoms with E-state index in [2.05, 4.69) is 24.5 Å². The molecule has 0 unspecified atom stereocenters. The van der Waals surface area contributed by atoms with Crippen LogP contribution in [0.15, 0.2) is 71.3 Å². The molecule has 0 spiro atoms. The van der Waals surface area contributed by atoms with Gasteiger partial charge in [-0.25, -0.2) is 0 Å². The maximum atomic E-state index is 12.5. The smallest absolute Gasteiger partial charge is 0.262 e. The summed E-state index contributed by atoms with van der Waals surface area (Å²) in [5.74, 6) is 1.06. The molecule has 0 saturated carbocycles. The summed E-state index contributed by atoms with van der Waals surface area (Å²) in [6.45, 7) is 4.35. The number of benzene rings is 2. The highest BCUT2D eigenvalue weighted by molar-refractivity contribution is 6.03. The van der Waals surface area contributed by atoms with E-state index in [4.69, 9.17) is 9.15 Å². The van der Waals surface area contributed by atoms with Crippen LogP contribution in [-0.2, 0) is 11.3 Å². The molecular formula is C23H24N2O4. The number of amides is 2. The fourth-order valence-corrected chi connectivity index (χ4v) is 2.75. The third kappa shape index (κ3) is 5.72. The topological polar surface area (TPSA) is 80.6 Å². The van der Waals surface area contributed by atoms with Gasteiger partial charge < -0.3 is 19.8 Å². The van der Waals surface area contributed by atoms with E-state index in [0.29, 0.717) is 28.7 Å². The molecule has 0 radical (unpaired) electrons. The van der Waals surface area contributed by atoms with E-state index in [-0.39, 0.29) is 25.0 Å². The highest BCUT2D eigenvalue weighted by atomic mass is 16.5. The molecule has 0 fully saturated rings. The van der Waals surface area contributed by atoms with Crippen LogP contribution in [0.3, 0.4) is 0 Å². The summed E-state index contributed by atoms with van der Waals surface area (Å²) in [6.07, 6.45) is 1.55. The van der Waals surface area contributed by atoms with Gasteiger partial charge in [-0.1, -0.05) is 38.1 Å². The van der Waals surface area contributed by atoms with E-state index in [1.807, 2.05) is 24.3 Å². The number of carbonyl (C=O) groups is 2. The number of hydrogen-bond donors (Lipinski definition) is 2. The van der Waals surface area contributed by atoms with Crippen molar-refractivity contribution in [2.45, 2.75) is 26.3 Å². The van der Waals surface area contributed by atoms with Crippen LogP contribution in [0.1, 0.15) is 41.4 Å². The van der Waals surface area contributed by atoms with Crippen molar-refractivity contribution in [3.05, 3.63) is 83.8 Å². The highest BCUT2D eigenvalue weighted by Crippen LogP contribution is 2.19. The molecule has 1 heterocycles. The summed E-state index contributed by atoms with van der Waals surface area (Å²) in [5, 5.41) is 5.51. The Balaban J connectivity index is 1.56. The Morgan fingerprint density at radius 1 is 1.00 bits per heavy atom. The third-order valence-electron chi connectivity index (χ3n) is 4.37. The molecular weight excluding hydrogens is 368 g/mol. The molecule has 0 bridgehead atoms. The number of hydrogen-bond acceptors (Lipinski definition) is 4. The second kappa shape index (κ2) is 9.59. The third-order valence-corrected chi connectivity index (χ3v) is 4.37. The van der Waals surface area contributed by atoms with Crippen LogP contribution < -0.4 is 15.4 Å². The molecule has 2 N–H and O–H groups in total. The van der Waals surface area contributed by atoms with Crippen molar-refractivity contribution >= 4 is 17.5 Å². The summed E-state index contributed by atoms with van der Waals surface area (Å²) >= 11 is 0. The number of para-hydroxylation sites is 1. The lowest BCUT2D eigenvalue weighted by atomic mass is 10.0. The fraction of sp³-hybridized carbons (Fsp3) is 0.217. The van der Waals surface area contributed by atoms with E-state index in [0.717, 1.165) is 0 Å². The first-order valence-corrected chi connectivity index (χ1v) is 9.45. The number of ether oxygens (including phenoxy) is 1. The number of nitrogens with one attached hydrogen (secondary N) is 2. The van der Waals surface area contributed by atoms with Crippen LogP contribution in [0.5, 0.6) is 5.75 Å². The number of anilines is 1. The van der Waals surface area contributed by atoms with Gasteiger partial charge in [-0.05, 0) is 47.9 Å². The standard InChI is InChI=1S/C23H24N2O4/c1-16(2)17-9-11-18(12-10-17)29-15-22(26)25-21-8-4-3-7-20(21)23(27)24-14-19-6-5-13-28-19/h3-13,16H,14-15H2,1-2H3,(H,24,27)(H,25,26). The van der Waals surface area contributed by atoms with Crippen molar-refractivity contribution in [3.63, 3.8) is 0 Å². The fourth-order valence-electron chi connectivity index (χ4n) is 2.75. The summed E-state index contributed by atoms with van der Waals surface area (Å²) < 4.78 is 10.8. The zero-order chi connectivity index (χ0) is 20.6. The molecule has 2 amide bonds. The Morgan fingerprint density at radius 3 is 2.45 bits per heavy atom. The van der Waals surface area contributed by atoms with E-state index < -0.39 is 0 Å². The predicted molar refractivity (Wildman–Crippen MR) is 111 cm³/mol. The van der Waals surface area contributed by atoms with Gasteiger partial charge in [0.1, 0.15) is 11.5 Å². The largest absolute Gasteiger partial charge is 0.484 e. The maximum absolute atomic E-state index is 12.5. The van der Waals surface area contributed by atoms with Crippen molar-refractivity contribution in [1.82, 2.24) is 5.32 Å². The summed E-state index contributed by atoms with van der Waals surface area (Å²) in [5.41, 5.74) is 2.00. The molecule has 0 aliphatic heterocycles. The van der Waals surface area contributed by atoms with E-state index in [9.17, 15) is 9.59 Å². The Morgan fingerprint density at radius 2 is 1.76 bits per heavy atom. The number of carbonyl (C=O) groups excluding carboxylic acids is 2. The lowest BCUT2D eigenvalue weighted by Gasteiger charge is -2.12. The van der Waals surface area contributed by atoms with Crippen molar-refractivity contribution in [1.29, 1.82) is 0 Å². The van der Waals surface area contributed by atoms with Gasteiger partial charge in [-0.2, -0.15) is 0 Å². The zero-order valence-corrected chi connectivity index (χ0v) is 16.5. The van der Waals surface area contributed by atoms with Crippen molar-refractivity contribution in [2.75, 3.05) is 11.9 Å². The Labute approximate surface area is 169 Å². The molecule has 0 atom stereocenters. The molecule has 0 aliphatic rings. The normalized spacial score (nSPS) is 10.6. The van der Waals surface area contributed by atoms with Crippen molar-refractivity contribution in [3.8, 4) is 5.75 Å². The summed E-state index contributed by atoms with van der Waals surface area (Å²) in [4.78, 5) is 24.8. The first-order chi connectivity index (χ1) is 14.0. The average Bonchev–Trinajstić information content (AvgIpc) is 3.25. The summed E-state index contributed by atoms with van der Waals surface area (Å²) in [7, 11) is 0. The van der Waals surface area contributed by atoms with Gasteiger partial charge in [0.05, 0.1) is 24.1 Å². The van der Waals surface area contributed by atoms with Gasteiger partial charge in [-0.15, -0.1) is 0 Å². The molecule has 0 aliphatic carbocycles. The molecule has 0 saturated heterocycles. The van der Waals surface area contributed by atoms with Crippen LogP contribution >= 0.6 is 0 Å². The Bertz CT molecular complexity index is 947. The minimum Gasteiger partial charge on any atom is -0.484 e. The highest BCUT2D eigenvalue weighted by Gasteiger charge is 2.14. The second-order valence-corrected chi connectivity index (χ2v) is 6.87. The molecule has 3 aromatic rings. The summed E-state index contributed by atoms with van der Waals surface area (Å²) in [6, 6.07) is 18.0. The van der Waals surface area contributed by atoms with Crippen LogP contribution in [0, 0.1) is 0 Å². The molecule has 150 valence electrons. The molecule has 6 nitrogen and oxygen atoms in total. The van der Waals surface area contributed by atoms with Crippen molar-refractivity contribution < 1.29 is 18.7 Å². The van der Waals surface area contributed by atoms with Gasteiger partial charge in [0.25, 0.3) is 11.8 Å². The molecule has 2 aromatic carbocycles. The van der Waals surface area contributed by atoms with E-state index >= 15 is 0 Å². The SMILES string of the molecule is CC(C)c1ccc(OCC(=O)Nc2ccccc2C(=O)NCc2ccco2)cc1. The van der Waals surface area contributed by atoms with Crippen LogP contribution in [0.4, 0.5) is 5.69 Å². The zero-order valence-electron chi connectivity index (χ0n) is 16.5. The van der Waals surface area contributed by atoms with E-state index in [1.54, 1.807) is 42.7 Å². The predicted octanol–water partition coefficient (Wildman–Crippen LogP) is 4.35. The first-order valence-electron chi connectivity index (χ1n) is 9.45. The first kappa shape index (κ1) is 20.2. The molecule has 6 heteroatoms. The van der Waals surface area contributed by atoms with Crippen LogP contribution in [0.25, 0.3) is 0 Å². The molecule has 3 rings (SSSR count). The number of rotatable bonds is 8. The monoisotopic (exact) mass is 392 g/mol. The lowest BCUT2D eigenvalue weighted by molar-refractivity contribution is -0.118. The minimum absolute atomic E-state index is 0.149. The van der Waals surface area contributed by atoms with Crippen LogP contribution in [0.2, 0.25) is 0 Å². The Hall–Kier alpha value is -3.54. The number of furan rings is 1. The van der Waals surface area contributed by atoms with Crippen LogP contribution in [-0.4, -0.2) is 18.4 Å². The van der Waals surface area contributed by atoms with Gasteiger partial charge in [0.2, 0.25) is 0 Å².